The van der Waals surface area contributed by atoms with Crippen LogP contribution in [0.4, 0.5) is 15.8 Å². The maximum absolute atomic E-state index is 13.1. The maximum atomic E-state index is 13.1. The first-order valence-electron chi connectivity index (χ1n) is 5.90. The number of halogens is 2. The first kappa shape index (κ1) is 15.1. The number of hydrogen-bond acceptors (Lipinski definition) is 3. The van der Waals surface area contributed by atoms with E-state index in [0.29, 0.717) is 5.69 Å². The molecule has 0 atom stereocenters. The normalized spacial score (nSPS) is 10.2. The Balaban J connectivity index is 2.34. The third-order valence-electron chi connectivity index (χ3n) is 2.77. The van der Waals surface area contributed by atoms with Crippen LogP contribution in [0, 0.1) is 22.9 Å². The molecule has 0 aliphatic rings. The van der Waals surface area contributed by atoms with Crippen LogP contribution in [0.25, 0.3) is 0 Å². The van der Waals surface area contributed by atoms with Gasteiger partial charge in [-0.25, -0.2) is 4.39 Å². The Kier molecular flexibility index (Phi) is 4.32. The molecular formula is C14H10BrFN2O3. The summed E-state index contributed by atoms with van der Waals surface area (Å²) in [6.45, 7) is 1.73. The van der Waals surface area contributed by atoms with Crippen molar-refractivity contribution >= 4 is 33.2 Å². The van der Waals surface area contributed by atoms with Crippen molar-refractivity contribution < 1.29 is 14.1 Å². The molecule has 0 spiro atoms. The first-order chi connectivity index (χ1) is 9.88. The number of carbonyl (C=O) groups excluding carboxylic acids is 1. The monoisotopic (exact) mass is 352 g/mol. The Morgan fingerprint density at radius 2 is 2.00 bits per heavy atom. The van der Waals surface area contributed by atoms with Crippen molar-refractivity contribution in [3.05, 3.63) is 67.9 Å². The van der Waals surface area contributed by atoms with E-state index in [9.17, 15) is 19.3 Å². The van der Waals surface area contributed by atoms with E-state index in [0.717, 1.165) is 5.56 Å². The highest BCUT2D eigenvalue weighted by molar-refractivity contribution is 9.10. The maximum Gasteiger partial charge on any atom is 0.282 e. The molecule has 2 rings (SSSR count). The number of benzene rings is 2. The second kappa shape index (κ2) is 6.01. The first-order valence-corrected chi connectivity index (χ1v) is 6.69. The predicted octanol–water partition coefficient (Wildman–Crippen LogP) is 4.06. The molecule has 0 unspecified atom stereocenters. The Hall–Kier alpha value is -2.28. The summed E-state index contributed by atoms with van der Waals surface area (Å²) >= 11 is 3.01. The van der Waals surface area contributed by atoms with Gasteiger partial charge in [0.15, 0.2) is 0 Å². The average molecular weight is 353 g/mol. The number of hydrogen-bond donors (Lipinski definition) is 1. The largest absolute Gasteiger partial charge is 0.322 e. The molecule has 0 fully saturated rings. The van der Waals surface area contributed by atoms with Crippen LogP contribution >= 0.6 is 15.9 Å². The smallest absolute Gasteiger partial charge is 0.282 e. The molecule has 2 aromatic carbocycles. The number of aryl methyl sites for hydroxylation is 1. The standard InChI is InChI=1S/C14H10BrFN2O3/c1-8-2-5-13(18(20)21)10(6-8)14(19)17-9-3-4-12(16)11(15)7-9/h2-7H,1H3,(H,17,19). The van der Waals surface area contributed by atoms with Crippen molar-refractivity contribution in [1.82, 2.24) is 0 Å². The third-order valence-corrected chi connectivity index (χ3v) is 3.38. The molecule has 0 saturated carbocycles. The number of rotatable bonds is 3. The van der Waals surface area contributed by atoms with Gasteiger partial charge in [0, 0.05) is 11.8 Å². The van der Waals surface area contributed by atoms with Gasteiger partial charge >= 0.3 is 0 Å². The van der Waals surface area contributed by atoms with Gasteiger partial charge < -0.3 is 5.32 Å². The summed E-state index contributed by atoms with van der Waals surface area (Å²) in [6, 6.07) is 8.22. The second-order valence-electron chi connectivity index (χ2n) is 4.36. The average Bonchev–Trinajstić information content (AvgIpc) is 2.42. The SMILES string of the molecule is Cc1ccc([N+](=O)[O-])c(C(=O)Nc2ccc(F)c(Br)c2)c1. The van der Waals surface area contributed by atoms with Gasteiger partial charge in [0.1, 0.15) is 11.4 Å². The van der Waals surface area contributed by atoms with Gasteiger partial charge in [0.05, 0.1) is 9.40 Å². The van der Waals surface area contributed by atoms with E-state index in [-0.39, 0.29) is 15.7 Å². The molecule has 0 aliphatic carbocycles. The molecule has 5 nitrogen and oxygen atoms in total. The summed E-state index contributed by atoms with van der Waals surface area (Å²) in [5, 5.41) is 13.5. The highest BCUT2D eigenvalue weighted by Crippen LogP contribution is 2.23. The van der Waals surface area contributed by atoms with Gasteiger partial charge in [-0.2, -0.15) is 0 Å². The van der Waals surface area contributed by atoms with Crippen LogP contribution in [0.3, 0.4) is 0 Å². The van der Waals surface area contributed by atoms with Gasteiger partial charge in [0.25, 0.3) is 11.6 Å². The lowest BCUT2D eigenvalue weighted by Crippen LogP contribution is -2.14. The Bertz CT molecular complexity index is 734. The zero-order valence-electron chi connectivity index (χ0n) is 10.9. The fraction of sp³-hybridized carbons (Fsp3) is 0.0714. The molecule has 0 saturated heterocycles. The summed E-state index contributed by atoms with van der Waals surface area (Å²) in [5.41, 5.74) is 0.745. The molecule has 7 heteroatoms. The summed E-state index contributed by atoms with van der Waals surface area (Å²) < 4.78 is 13.3. The third kappa shape index (κ3) is 3.43. The minimum atomic E-state index is -0.621. The predicted molar refractivity (Wildman–Crippen MR) is 79.9 cm³/mol. The van der Waals surface area contributed by atoms with E-state index >= 15 is 0 Å². The van der Waals surface area contributed by atoms with E-state index in [2.05, 4.69) is 21.2 Å². The fourth-order valence-corrected chi connectivity index (χ4v) is 2.14. The topological polar surface area (TPSA) is 72.2 Å². The summed E-state index contributed by atoms with van der Waals surface area (Å²) in [7, 11) is 0. The van der Waals surface area contributed by atoms with Gasteiger partial charge in [-0.05, 0) is 52.7 Å². The van der Waals surface area contributed by atoms with Gasteiger partial charge in [0.2, 0.25) is 0 Å². The summed E-state index contributed by atoms with van der Waals surface area (Å²) in [5.74, 6) is -1.08. The van der Waals surface area contributed by atoms with Crippen molar-refractivity contribution in [3.63, 3.8) is 0 Å². The number of anilines is 1. The molecule has 1 amide bonds. The van der Waals surface area contributed by atoms with Crippen molar-refractivity contribution in [1.29, 1.82) is 0 Å². The molecule has 21 heavy (non-hydrogen) atoms. The lowest BCUT2D eigenvalue weighted by Gasteiger charge is -2.07. The number of nitro benzene ring substituents is 1. The lowest BCUT2D eigenvalue weighted by molar-refractivity contribution is -0.385. The van der Waals surface area contributed by atoms with Crippen molar-refractivity contribution in [3.8, 4) is 0 Å². The van der Waals surface area contributed by atoms with Crippen LogP contribution in [-0.4, -0.2) is 10.8 Å². The minimum Gasteiger partial charge on any atom is -0.322 e. The molecule has 0 bridgehead atoms. The summed E-state index contributed by atoms with van der Waals surface area (Å²) in [4.78, 5) is 22.5. The number of nitrogens with one attached hydrogen (secondary N) is 1. The fourth-order valence-electron chi connectivity index (χ4n) is 1.76. The van der Waals surface area contributed by atoms with Crippen molar-refractivity contribution in [2.75, 3.05) is 5.32 Å². The van der Waals surface area contributed by atoms with Gasteiger partial charge in [-0.15, -0.1) is 0 Å². The zero-order chi connectivity index (χ0) is 15.6. The van der Waals surface area contributed by atoms with Crippen LogP contribution in [0.15, 0.2) is 40.9 Å². The van der Waals surface area contributed by atoms with Crippen LogP contribution in [0.2, 0.25) is 0 Å². The van der Waals surface area contributed by atoms with Crippen LogP contribution in [0.1, 0.15) is 15.9 Å². The summed E-state index contributed by atoms with van der Waals surface area (Å²) in [6.07, 6.45) is 0. The second-order valence-corrected chi connectivity index (χ2v) is 5.22. The van der Waals surface area contributed by atoms with Crippen molar-refractivity contribution in [2.24, 2.45) is 0 Å². The van der Waals surface area contributed by atoms with Crippen LogP contribution in [-0.2, 0) is 0 Å². The minimum absolute atomic E-state index is 0.0413. The molecule has 0 aromatic heterocycles. The van der Waals surface area contributed by atoms with E-state index < -0.39 is 16.6 Å². The van der Waals surface area contributed by atoms with E-state index in [1.807, 2.05) is 0 Å². The molecule has 1 N–H and O–H groups in total. The Morgan fingerprint density at radius 3 is 2.62 bits per heavy atom. The number of amides is 1. The molecule has 0 heterocycles. The highest BCUT2D eigenvalue weighted by Gasteiger charge is 2.20. The molecule has 0 aliphatic heterocycles. The molecular weight excluding hydrogens is 343 g/mol. The Morgan fingerprint density at radius 1 is 1.29 bits per heavy atom. The van der Waals surface area contributed by atoms with E-state index in [4.69, 9.17) is 0 Å². The van der Waals surface area contributed by atoms with Crippen LogP contribution in [0.5, 0.6) is 0 Å². The number of nitro groups is 1. The number of carbonyl (C=O) groups is 1. The molecule has 108 valence electrons. The Labute approximate surface area is 128 Å². The van der Waals surface area contributed by atoms with E-state index in [1.54, 1.807) is 13.0 Å². The number of nitrogens with zero attached hydrogens (tertiary/aromatic N) is 1. The van der Waals surface area contributed by atoms with E-state index in [1.165, 1.54) is 30.3 Å². The lowest BCUT2D eigenvalue weighted by atomic mass is 10.1. The van der Waals surface area contributed by atoms with Crippen molar-refractivity contribution in [2.45, 2.75) is 6.92 Å². The molecule has 0 radical (unpaired) electrons. The van der Waals surface area contributed by atoms with Gasteiger partial charge in [-0.3, -0.25) is 14.9 Å². The molecule has 2 aromatic rings. The van der Waals surface area contributed by atoms with Gasteiger partial charge in [-0.1, -0.05) is 6.07 Å². The zero-order valence-corrected chi connectivity index (χ0v) is 12.5. The highest BCUT2D eigenvalue weighted by atomic mass is 79.9. The quantitative estimate of drug-likeness (QED) is 0.668. The van der Waals surface area contributed by atoms with Crippen LogP contribution < -0.4 is 5.32 Å².